The van der Waals surface area contributed by atoms with Gasteiger partial charge in [-0.2, -0.15) is 0 Å². The van der Waals surface area contributed by atoms with Crippen molar-refractivity contribution in [3.8, 4) is 11.5 Å². The third-order valence-electron chi connectivity index (χ3n) is 3.50. The molecule has 1 fully saturated rings. The van der Waals surface area contributed by atoms with E-state index in [0.717, 1.165) is 25.5 Å². The van der Waals surface area contributed by atoms with Crippen LogP contribution in [0.4, 0.5) is 0 Å². The normalized spacial score (nSPS) is 22.4. The third kappa shape index (κ3) is 3.17. The summed E-state index contributed by atoms with van der Waals surface area (Å²) in [6.07, 6.45) is 2.08. The van der Waals surface area contributed by atoms with Crippen LogP contribution in [0.3, 0.4) is 0 Å². The van der Waals surface area contributed by atoms with Gasteiger partial charge in [-0.05, 0) is 25.0 Å². The van der Waals surface area contributed by atoms with Crippen molar-refractivity contribution in [2.24, 2.45) is 5.92 Å². The molecule has 0 aliphatic carbocycles. The Labute approximate surface area is 112 Å². The minimum Gasteiger partial charge on any atom is -0.508 e. The smallest absolute Gasteiger partial charge is 0.255 e. The molecule has 0 bridgehead atoms. The molecule has 2 atom stereocenters. The van der Waals surface area contributed by atoms with E-state index in [1.54, 1.807) is 0 Å². The van der Waals surface area contributed by atoms with Gasteiger partial charge in [0.2, 0.25) is 0 Å². The maximum atomic E-state index is 11.9. The highest BCUT2D eigenvalue weighted by Crippen LogP contribution is 2.24. The monoisotopic (exact) mass is 265 g/mol. The minimum atomic E-state index is -0.334. The maximum absolute atomic E-state index is 11.9. The molecule has 1 saturated heterocycles. The molecule has 0 spiro atoms. The van der Waals surface area contributed by atoms with E-state index in [1.807, 2.05) is 0 Å². The van der Waals surface area contributed by atoms with Crippen molar-refractivity contribution in [2.75, 3.05) is 13.2 Å². The summed E-state index contributed by atoms with van der Waals surface area (Å²) in [7, 11) is 0. The number of benzene rings is 1. The zero-order valence-corrected chi connectivity index (χ0v) is 10.9. The molecule has 2 unspecified atom stereocenters. The van der Waals surface area contributed by atoms with E-state index in [9.17, 15) is 15.0 Å². The van der Waals surface area contributed by atoms with Gasteiger partial charge in [-0.3, -0.25) is 4.79 Å². The van der Waals surface area contributed by atoms with Crippen LogP contribution in [0.15, 0.2) is 18.2 Å². The van der Waals surface area contributed by atoms with Crippen LogP contribution in [0.1, 0.15) is 30.1 Å². The second-order valence-electron chi connectivity index (χ2n) is 4.78. The van der Waals surface area contributed by atoms with Crippen LogP contribution >= 0.6 is 0 Å². The summed E-state index contributed by atoms with van der Waals surface area (Å²) in [5.74, 6) is -0.288. The van der Waals surface area contributed by atoms with Gasteiger partial charge in [0.25, 0.3) is 5.91 Å². The van der Waals surface area contributed by atoms with Crippen LogP contribution in [-0.4, -0.2) is 35.4 Å². The molecular formula is C14H19NO4. The van der Waals surface area contributed by atoms with Crippen LogP contribution in [0.5, 0.6) is 11.5 Å². The van der Waals surface area contributed by atoms with Crippen molar-refractivity contribution in [1.29, 1.82) is 0 Å². The Hall–Kier alpha value is -1.75. The average molecular weight is 265 g/mol. The van der Waals surface area contributed by atoms with Crippen LogP contribution < -0.4 is 5.32 Å². The van der Waals surface area contributed by atoms with Crippen molar-refractivity contribution in [3.05, 3.63) is 23.8 Å². The molecule has 5 heteroatoms. The third-order valence-corrected chi connectivity index (χ3v) is 3.50. The Morgan fingerprint density at radius 1 is 1.47 bits per heavy atom. The predicted octanol–water partition coefficient (Wildman–Crippen LogP) is 1.64. The molecule has 104 valence electrons. The zero-order valence-electron chi connectivity index (χ0n) is 10.9. The first-order chi connectivity index (χ1) is 9.11. The topological polar surface area (TPSA) is 78.8 Å². The molecule has 0 radical (unpaired) electrons. The molecule has 1 amide bonds. The SMILES string of the molecule is CCC1OCCC1CNC(=O)c1ccc(O)cc1O. The predicted molar refractivity (Wildman–Crippen MR) is 70.2 cm³/mol. The fraction of sp³-hybridized carbons (Fsp3) is 0.500. The van der Waals surface area contributed by atoms with E-state index in [4.69, 9.17) is 4.74 Å². The summed E-state index contributed by atoms with van der Waals surface area (Å²) >= 11 is 0. The largest absolute Gasteiger partial charge is 0.508 e. The Balaban J connectivity index is 1.94. The highest BCUT2D eigenvalue weighted by atomic mass is 16.5. The van der Waals surface area contributed by atoms with Gasteiger partial charge in [-0.15, -0.1) is 0 Å². The molecule has 3 N–H and O–H groups in total. The van der Waals surface area contributed by atoms with Crippen LogP contribution in [-0.2, 0) is 4.74 Å². The number of hydrogen-bond acceptors (Lipinski definition) is 4. The zero-order chi connectivity index (χ0) is 13.8. The average Bonchev–Trinajstić information content (AvgIpc) is 2.83. The van der Waals surface area contributed by atoms with E-state index < -0.39 is 0 Å². The number of ether oxygens (including phenoxy) is 1. The number of rotatable bonds is 4. The number of phenols is 2. The minimum absolute atomic E-state index is 0.0655. The summed E-state index contributed by atoms with van der Waals surface area (Å²) in [6, 6.07) is 3.94. The Kier molecular flexibility index (Phi) is 4.27. The molecule has 1 aliphatic heterocycles. The second-order valence-corrected chi connectivity index (χ2v) is 4.78. The van der Waals surface area contributed by atoms with Crippen LogP contribution in [0.25, 0.3) is 0 Å². The molecule has 19 heavy (non-hydrogen) atoms. The van der Waals surface area contributed by atoms with Crippen molar-refractivity contribution >= 4 is 5.91 Å². The van der Waals surface area contributed by atoms with E-state index in [-0.39, 0.29) is 29.1 Å². The summed E-state index contributed by atoms with van der Waals surface area (Å²) in [5, 5.41) is 21.6. The number of carbonyl (C=O) groups excluding carboxylic acids is 1. The van der Waals surface area contributed by atoms with Gasteiger partial charge >= 0.3 is 0 Å². The molecule has 5 nitrogen and oxygen atoms in total. The van der Waals surface area contributed by atoms with E-state index >= 15 is 0 Å². The number of amides is 1. The van der Waals surface area contributed by atoms with Crippen LogP contribution in [0, 0.1) is 5.92 Å². The highest BCUT2D eigenvalue weighted by Gasteiger charge is 2.27. The van der Waals surface area contributed by atoms with Gasteiger partial charge in [0.05, 0.1) is 11.7 Å². The first-order valence-electron chi connectivity index (χ1n) is 6.53. The van der Waals surface area contributed by atoms with Crippen molar-refractivity contribution in [3.63, 3.8) is 0 Å². The van der Waals surface area contributed by atoms with Gasteiger partial charge < -0.3 is 20.3 Å². The lowest BCUT2D eigenvalue weighted by atomic mass is 9.99. The lowest BCUT2D eigenvalue weighted by Crippen LogP contribution is -2.32. The van der Waals surface area contributed by atoms with Gasteiger partial charge in [-0.25, -0.2) is 0 Å². The number of aromatic hydroxyl groups is 2. The van der Waals surface area contributed by atoms with Crippen molar-refractivity contribution in [1.82, 2.24) is 5.32 Å². The fourth-order valence-corrected chi connectivity index (χ4v) is 2.41. The van der Waals surface area contributed by atoms with E-state index in [2.05, 4.69) is 12.2 Å². The van der Waals surface area contributed by atoms with E-state index in [1.165, 1.54) is 12.1 Å². The Morgan fingerprint density at radius 2 is 2.26 bits per heavy atom. The van der Waals surface area contributed by atoms with Gasteiger partial charge in [0.1, 0.15) is 11.5 Å². The molecular weight excluding hydrogens is 246 g/mol. The summed E-state index contributed by atoms with van der Waals surface area (Å²) in [6.45, 7) is 3.35. The fourth-order valence-electron chi connectivity index (χ4n) is 2.41. The first kappa shape index (κ1) is 13.7. The van der Waals surface area contributed by atoms with Gasteiger partial charge in [0, 0.05) is 25.1 Å². The standard InChI is InChI=1S/C14H19NO4/c1-2-13-9(5-6-19-13)8-15-14(18)11-4-3-10(16)7-12(11)17/h3-4,7,9,13,16-17H,2,5-6,8H2,1H3,(H,15,18). The highest BCUT2D eigenvalue weighted by molar-refractivity contribution is 5.96. The number of hydrogen-bond donors (Lipinski definition) is 3. The second kappa shape index (κ2) is 5.93. The summed E-state index contributed by atoms with van der Waals surface area (Å²) < 4.78 is 5.56. The molecule has 0 aromatic heterocycles. The summed E-state index contributed by atoms with van der Waals surface area (Å²) in [5.41, 5.74) is 0.171. The first-order valence-corrected chi connectivity index (χ1v) is 6.53. The number of carbonyl (C=O) groups is 1. The molecule has 0 saturated carbocycles. The van der Waals surface area contributed by atoms with Gasteiger partial charge in [-0.1, -0.05) is 6.92 Å². The number of nitrogens with one attached hydrogen (secondary N) is 1. The quantitative estimate of drug-likeness (QED) is 0.773. The molecule has 1 aromatic carbocycles. The van der Waals surface area contributed by atoms with Crippen molar-refractivity contribution < 1.29 is 19.7 Å². The number of phenolic OH excluding ortho intramolecular Hbond substituents is 2. The maximum Gasteiger partial charge on any atom is 0.255 e. The lowest BCUT2D eigenvalue weighted by molar-refractivity contribution is 0.0826. The Bertz CT molecular complexity index is 461. The van der Waals surface area contributed by atoms with Crippen LogP contribution in [0.2, 0.25) is 0 Å². The summed E-state index contributed by atoms with van der Waals surface area (Å²) in [4.78, 5) is 11.9. The molecule has 1 aromatic rings. The molecule has 1 heterocycles. The van der Waals surface area contributed by atoms with Crippen molar-refractivity contribution in [2.45, 2.75) is 25.9 Å². The van der Waals surface area contributed by atoms with E-state index in [0.29, 0.717) is 12.5 Å². The lowest BCUT2D eigenvalue weighted by Gasteiger charge is -2.17. The molecule has 1 aliphatic rings. The van der Waals surface area contributed by atoms with Gasteiger partial charge in [0.15, 0.2) is 0 Å². The Morgan fingerprint density at radius 3 is 2.95 bits per heavy atom. The molecule has 2 rings (SSSR count).